The number of anilines is 1. The first-order valence-electron chi connectivity index (χ1n) is 14.6. The highest BCUT2D eigenvalue weighted by molar-refractivity contribution is 6.02. The number of nitrogens with one attached hydrogen (secondary N) is 2. The monoisotopic (exact) mass is 533 g/mol. The van der Waals surface area contributed by atoms with E-state index in [-0.39, 0.29) is 23.8 Å². The van der Waals surface area contributed by atoms with E-state index >= 15 is 0 Å². The highest BCUT2D eigenvalue weighted by Crippen LogP contribution is 2.55. The maximum absolute atomic E-state index is 14.1. The zero-order valence-corrected chi connectivity index (χ0v) is 22.7. The van der Waals surface area contributed by atoms with Crippen molar-refractivity contribution in [3.63, 3.8) is 0 Å². The van der Waals surface area contributed by atoms with Gasteiger partial charge in [-0.05, 0) is 69.2 Å². The van der Waals surface area contributed by atoms with Gasteiger partial charge in [-0.15, -0.1) is 0 Å². The van der Waals surface area contributed by atoms with E-state index < -0.39 is 29.6 Å². The van der Waals surface area contributed by atoms with Crippen molar-refractivity contribution in [1.29, 1.82) is 0 Å². The third-order valence-corrected chi connectivity index (χ3v) is 9.29. The maximum Gasteiger partial charge on any atom is 0.246 e. The van der Waals surface area contributed by atoms with Crippen LogP contribution in [0.3, 0.4) is 0 Å². The molecule has 39 heavy (non-hydrogen) atoms. The van der Waals surface area contributed by atoms with Crippen molar-refractivity contribution in [2.45, 2.75) is 88.0 Å². The predicted molar refractivity (Wildman–Crippen MR) is 147 cm³/mol. The van der Waals surface area contributed by atoms with Gasteiger partial charge in [0, 0.05) is 18.3 Å². The standard InChI is InChI=1S/C31H39N3O5/c1-38-23-14-12-22(13-15-23)32-28(35)25-24-16-18-31(39-24)26(25)30(37)34(19-17-20-8-4-2-5-9-20)27(31)29(36)33-21-10-6-3-7-11-21/h8,12-16,18,21,24-27H,2-7,9-11,17,19H2,1H3,(H,32,35)(H,33,36)/t24-,25-,26-,27-,31-/m0/s1. The van der Waals surface area contributed by atoms with Gasteiger partial charge in [0.25, 0.3) is 0 Å². The Morgan fingerprint density at radius 1 is 1.08 bits per heavy atom. The van der Waals surface area contributed by atoms with Gasteiger partial charge in [0.15, 0.2) is 0 Å². The molecule has 3 fully saturated rings. The minimum absolute atomic E-state index is 0.122. The number of hydrogen-bond acceptors (Lipinski definition) is 5. The zero-order chi connectivity index (χ0) is 27.0. The van der Waals surface area contributed by atoms with Gasteiger partial charge in [-0.2, -0.15) is 0 Å². The third-order valence-electron chi connectivity index (χ3n) is 9.29. The van der Waals surface area contributed by atoms with Crippen molar-refractivity contribution >= 4 is 23.4 Å². The molecule has 0 unspecified atom stereocenters. The molecule has 208 valence electrons. The van der Waals surface area contributed by atoms with E-state index in [1.165, 1.54) is 24.8 Å². The Hall–Kier alpha value is -3.13. The summed E-state index contributed by atoms with van der Waals surface area (Å²) in [6.07, 6.45) is 16.1. The largest absolute Gasteiger partial charge is 0.497 e. The molecule has 8 nitrogen and oxygen atoms in total. The van der Waals surface area contributed by atoms with Crippen LogP contribution in [-0.2, 0) is 19.1 Å². The summed E-state index contributed by atoms with van der Waals surface area (Å²) in [5.74, 6) is -1.31. The number of carbonyl (C=O) groups is 3. The number of methoxy groups -OCH3 is 1. The molecule has 5 aliphatic rings. The third kappa shape index (κ3) is 4.77. The van der Waals surface area contributed by atoms with E-state index in [0.717, 1.165) is 44.9 Å². The maximum atomic E-state index is 14.1. The lowest BCUT2D eigenvalue weighted by atomic mass is 9.74. The molecule has 3 aliphatic heterocycles. The topological polar surface area (TPSA) is 97.0 Å². The fraction of sp³-hybridized carbons (Fsp3) is 0.581. The first kappa shape index (κ1) is 26.1. The minimum Gasteiger partial charge on any atom is -0.497 e. The summed E-state index contributed by atoms with van der Waals surface area (Å²) >= 11 is 0. The van der Waals surface area contributed by atoms with Crippen LogP contribution >= 0.6 is 0 Å². The number of amides is 3. The molecule has 5 atom stereocenters. The average molecular weight is 534 g/mol. The van der Waals surface area contributed by atoms with E-state index in [9.17, 15) is 14.4 Å². The van der Waals surface area contributed by atoms with Gasteiger partial charge < -0.3 is 25.0 Å². The molecule has 6 rings (SSSR count). The Morgan fingerprint density at radius 3 is 2.59 bits per heavy atom. The molecule has 8 heteroatoms. The molecule has 2 saturated heterocycles. The number of nitrogens with zero attached hydrogens (tertiary/aromatic N) is 1. The van der Waals surface area contributed by atoms with Crippen molar-refractivity contribution in [1.82, 2.24) is 10.2 Å². The van der Waals surface area contributed by atoms with Crippen LogP contribution < -0.4 is 15.4 Å². The highest BCUT2D eigenvalue weighted by Gasteiger charge is 2.72. The lowest BCUT2D eigenvalue weighted by Gasteiger charge is -2.34. The number of benzene rings is 1. The summed E-state index contributed by atoms with van der Waals surface area (Å²) in [7, 11) is 1.59. The lowest BCUT2D eigenvalue weighted by Crippen LogP contribution is -2.56. The van der Waals surface area contributed by atoms with Crippen LogP contribution in [-0.4, -0.2) is 60.1 Å². The van der Waals surface area contributed by atoms with Crippen molar-refractivity contribution in [2.75, 3.05) is 19.0 Å². The first-order chi connectivity index (χ1) is 19.0. The first-order valence-corrected chi connectivity index (χ1v) is 14.6. The van der Waals surface area contributed by atoms with Gasteiger partial charge in [-0.3, -0.25) is 14.4 Å². The Kier molecular flexibility index (Phi) is 7.23. The second-order valence-corrected chi connectivity index (χ2v) is 11.7. The second-order valence-electron chi connectivity index (χ2n) is 11.7. The van der Waals surface area contributed by atoms with Crippen molar-refractivity contribution in [3.8, 4) is 5.75 Å². The van der Waals surface area contributed by atoms with Crippen molar-refractivity contribution in [2.24, 2.45) is 11.8 Å². The molecule has 1 saturated carbocycles. The normalized spacial score (nSPS) is 31.7. The Balaban J connectivity index is 1.26. The number of allylic oxidation sites excluding steroid dienone is 1. The summed E-state index contributed by atoms with van der Waals surface area (Å²) in [5.41, 5.74) is 0.855. The lowest BCUT2D eigenvalue weighted by molar-refractivity contribution is -0.141. The van der Waals surface area contributed by atoms with Crippen molar-refractivity contribution in [3.05, 3.63) is 48.1 Å². The van der Waals surface area contributed by atoms with E-state index in [4.69, 9.17) is 9.47 Å². The van der Waals surface area contributed by atoms with Gasteiger partial charge >= 0.3 is 0 Å². The average Bonchev–Trinajstić information content (AvgIpc) is 3.60. The van der Waals surface area contributed by atoms with Crippen LogP contribution in [0.2, 0.25) is 0 Å². The number of hydrogen-bond donors (Lipinski definition) is 2. The zero-order valence-electron chi connectivity index (χ0n) is 22.7. The molecule has 1 aromatic carbocycles. The molecule has 3 amide bonds. The van der Waals surface area contributed by atoms with E-state index in [1.54, 1.807) is 36.3 Å². The van der Waals surface area contributed by atoms with E-state index in [1.807, 2.05) is 12.2 Å². The molecule has 2 bridgehead atoms. The van der Waals surface area contributed by atoms with Crippen LogP contribution in [0.5, 0.6) is 5.75 Å². The van der Waals surface area contributed by atoms with Crippen LogP contribution in [0.15, 0.2) is 48.1 Å². The van der Waals surface area contributed by atoms with E-state index in [0.29, 0.717) is 18.0 Å². The smallest absolute Gasteiger partial charge is 0.246 e. The van der Waals surface area contributed by atoms with Gasteiger partial charge in [0.2, 0.25) is 17.7 Å². The van der Waals surface area contributed by atoms with Crippen LogP contribution in [0.4, 0.5) is 5.69 Å². The summed E-state index contributed by atoms with van der Waals surface area (Å²) in [5, 5.41) is 6.23. The van der Waals surface area contributed by atoms with Gasteiger partial charge in [-0.1, -0.05) is 43.1 Å². The van der Waals surface area contributed by atoms with Crippen molar-refractivity contribution < 1.29 is 23.9 Å². The van der Waals surface area contributed by atoms with E-state index in [2.05, 4.69) is 16.7 Å². The van der Waals surface area contributed by atoms with Gasteiger partial charge in [0.05, 0.1) is 25.0 Å². The van der Waals surface area contributed by atoms with Gasteiger partial charge in [0.1, 0.15) is 17.4 Å². The van der Waals surface area contributed by atoms with Crippen LogP contribution in [0.1, 0.15) is 64.2 Å². The van der Waals surface area contributed by atoms with Crippen LogP contribution in [0, 0.1) is 11.8 Å². The fourth-order valence-corrected chi connectivity index (χ4v) is 7.33. The minimum atomic E-state index is -1.12. The Labute approximate surface area is 230 Å². The molecule has 0 radical (unpaired) electrons. The Bertz CT molecular complexity index is 1170. The molecular formula is C31H39N3O5. The summed E-state index contributed by atoms with van der Waals surface area (Å²) in [6.45, 7) is 0.459. The summed E-state index contributed by atoms with van der Waals surface area (Å²) in [4.78, 5) is 43.4. The molecular weight excluding hydrogens is 494 g/mol. The highest BCUT2D eigenvalue weighted by atomic mass is 16.5. The predicted octanol–water partition coefficient (Wildman–Crippen LogP) is 4.12. The SMILES string of the molecule is COc1ccc(NC(=O)[C@H]2[C@@H]3C=C[C@]4(O3)[C@@H]2C(=O)N(CCC2=CCCCC2)[C@H]4C(=O)NC2CCCCC2)cc1. The molecule has 1 aromatic rings. The molecule has 0 aromatic heterocycles. The quantitative estimate of drug-likeness (QED) is 0.490. The number of rotatable bonds is 8. The second kappa shape index (κ2) is 10.8. The summed E-state index contributed by atoms with van der Waals surface area (Å²) < 4.78 is 11.7. The number of likely N-dealkylation sites (tertiary alicyclic amines) is 1. The molecule has 3 heterocycles. The molecule has 2 aliphatic carbocycles. The number of ether oxygens (including phenoxy) is 2. The summed E-state index contributed by atoms with van der Waals surface area (Å²) in [6, 6.07) is 6.46. The number of fused-ring (bicyclic) bond motifs is 1. The molecule has 2 N–H and O–H groups in total. The Morgan fingerprint density at radius 2 is 1.87 bits per heavy atom. The fourth-order valence-electron chi connectivity index (χ4n) is 7.33. The van der Waals surface area contributed by atoms with Crippen LogP contribution in [0.25, 0.3) is 0 Å². The number of carbonyl (C=O) groups excluding carboxylic acids is 3. The molecule has 1 spiro atoms. The van der Waals surface area contributed by atoms with Gasteiger partial charge in [-0.25, -0.2) is 0 Å².